The molecule has 0 bridgehead atoms. The number of nitrogens with zero attached hydrogens (tertiary/aromatic N) is 3. The quantitative estimate of drug-likeness (QED) is 0.708. The van der Waals surface area contributed by atoms with Crippen molar-refractivity contribution in [3.05, 3.63) is 59.6 Å². The molecule has 28 heavy (non-hydrogen) atoms. The SMILES string of the molecule is COc1ccccc1C1CNCCN1C(=O)Nc1ccc(-c2nncs2)cc1. The standard InChI is InChI=1S/C20H21N5O2S/c1-27-18-5-3-2-4-16(18)17-12-21-10-11-25(17)20(26)23-15-8-6-14(7-9-15)19-24-22-13-28-19/h2-9,13,17,21H,10-12H2,1H3,(H,23,26). The summed E-state index contributed by atoms with van der Waals surface area (Å²) >= 11 is 1.48. The number of aromatic nitrogens is 2. The van der Waals surface area contributed by atoms with E-state index >= 15 is 0 Å². The second-order valence-corrected chi connectivity index (χ2v) is 7.24. The van der Waals surface area contributed by atoms with E-state index in [4.69, 9.17) is 4.74 Å². The number of methoxy groups -OCH3 is 1. The van der Waals surface area contributed by atoms with Gasteiger partial charge in [-0.05, 0) is 30.3 Å². The maximum atomic E-state index is 13.0. The summed E-state index contributed by atoms with van der Waals surface area (Å²) < 4.78 is 5.50. The molecule has 2 heterocycles. The molecule has 0 aliphatic carbocycles. The molecule has 3 aromatic rings. The van der Waals surface area contributed by atoms with E-state index in [1.54, 1.807) is 12.6 Å². The van der Waals surface area contributed by atoms with E-state index in [0.717, 1.165) is 34.1 Å². The Bertz CT molecular complexity index is 930. The molecule has 1 aliphatic heterocycles. The molecule has 1 fully saturated rings. The minimum Gasteiger partial charge on any atom is -0.496 e. The number of ether oxygens (including phenoxy) is 1. The van der Waals surface area contributed by atoms with Crippen molar-refractivity contribution in [1.82, 2.24) is 20.4 Å². The Kier molecular flexibility index (Phi) is 5.50. The van der Waals surface area contributed by atoms with Gasteiger partial charge in [0.1, 0.15) is 16.3 Å². The fourth-order valence-electron chi connectivity index (χ4n) is 3.36. The van der Waals surface area contributed by atoms with Crippen LogP contribution in [-0.2, 0) is 0 Å². The van der Waals surface area contributed by atoms with Crippen LogP contribution in [0, 0.1) is 0 Å². The number of para-hydroxylation sites is 1. The van der Waals surface area contributed by atoms with Crippen molar-refractivity contribution in [1.29, 1.82) is 0 Å². The summed E-state index contributed by atoms with van der Waals surface area (Å²) in [7, 11) is 1.65. The van der Waals surface area contributed by atoms with Crippen molar-refractivity contribution in [2.45, 2.75) is 6.04 Å². The highest BCUT2D eigenvalue weighted by Crippen LogP contribution is 2.31. The van der Waals surface area contributed by atoms with Crippen molar-refractivity contribution < 1.29 is 9.53 Å². The summed E-state index contributed by atoms with van der Waals surface area (Å²) in [5.74, 6) is 0.787. The number of urea groups is 1. The van der Waals surface area contributed by atoms with Gasteiger partial charge in [0.15, 0.2) is 0 Å². The van der Waals surface area contributed by atoms with Crippen molar-refractivity contribution in [2.75, 3.05) is 32.1 Å². The Morgan fingerprint density at radius 2 is 2.07 bits per heavy atom. The lowest BCUT2D eigenvalue weighted by Crippen LogP contribution is -2.50. The molecule has 2 aromatic carbocycles. The molecule has 144 valence electrons. The number of rotatable bonds is 4. The normalized spacial score (nSPS) is 16.6. The average Bonchev–Trinajstić information content (AvgIpc) is 3.29. The molecular formula is C20H21N5O2S. The van der Waals surface area contributed by atoms with Gasteiger partial charge in [0.2, 0.25) is 0 Å². The predicted molar refractivity (Wildman–Crippen MR) is 110 cm³/mol. The Balaban J connectivity index is 1.51. The second kappa shape index (κ2) is 8.37. The molecule has 1 atom stereocenters. The summed E-state index contributed by atoms with van der Waals surface area (Å²) in [4.78, 5) is 14.8. The third-order valence-electron chi connectivity index (χ3n) is 4.75. The number of carbonyl (C=O) groups excluding carboxylic acids is 1. The lowest BCUT2D eigenvalue weighted by Gasteiger charge is -2.37. The van der Waals surface area contributed by atoms with E-state index in [1.807, 2.05) is 53.4 Å². The van der Waals surface area contributed by atoms with Crippen molar-refractivity contribution >= 4 is 23.1 Å². The molecule has 0 radical (unpaired) electrons. The van der Waals surface area contributed by atoms with Crippen molar-refractivity contribution in [3.8, 4) is 16.3 Å². The zero-order valence-electron chi connectivity index (χ0n) is 15.5. The van der Waals surface area contributed by atoms with Gasteiger partial charge < -0.3 is 20.3 Å². The number of carbonyl (C=O) groups is 1. The summed E-state index contributed by atoms with van der Waals surface area (Å²) in [5, 5.41) is 15.2. The Hall–Kier alpha value is -2.97. The number of anilines is 1. The molecule has 2 amide bonds. The lowest BCUT2D eigenvalue weighted by molar-refractivity contribution is 0.169. The van der Waals surface area contributed by atoms with E-state index in [1.165, 1.54) is 11.3 Å². The maximum Gasteiger partial charge on any atom is 0.322 e. The maximum absolute atomic E-state index is 13.0. The highest BCUT2D eigenvalue weighted by Gasteiger charge is 2.29. The van der Waals surface area contributed by atoms with Crippen LogP contribution < -0.4 is 15.4 Å². The Morgan fingerprint density at radius 1 is 1.25 bits per heavy atom. The molecule has 7 nitrogen and oxygen atoms in total. The molecule has 1 unspecified atom stereocenters. The van der Waals surface area contributed by atoms with Crippen LogP contribution in [0.15, 0.2) is 54.0 Å². The average molecular weight is 395 g/mol. The smallest absolute Gasteiger partial charge is 0.322 e. The van der Waals surface area contributed by atoms with Crippen LogP contribution in [0.3, 0.4) is 0 Å². The van der Waals surface area contributed by atoms with Crippen LogP contribution in [-0.4, -0.2) is 47.9 Å². The summed E-state index contributed by atoms with van der Waals surface area (Å²) in [6.45, 7) is 2.07. The van der Waals surface area contributed by atoms with Crippen LogP contribution in [0.1, 0.15) is 11.6 Å². The van der Waals surface area contributed by atoms with Gasteiger partial charge in [-0.1, -0.05) is 29.5 Å². The first-order valence-electron chi connectivity index (χ1n) is 9.04. The lowest BCUT2D eigenvalue weighted by atomic mass is 10.0. The van der Waals surface area contributed by atoms with Gasteiger partial charge in [-0.3, -0.25) is 0 Å². The van der Waals surface area contributed by atoms with Crippen LogP contribution in [0.4, 0.5) is 10.5 Å². The molecular weight excluding hydrogens is 374 g/mol. The Labute approximate surface area is 167 Å². The first-order valence-corrected chi connectivity index (χ1v) is 9.92. The van der Waals surface area contributed by atoms with Crippen LogP contribution in [0.2, 0.25) is 0 Å². The molecule has 1 aromatic heterocycles. The first-order chi connectivity index (χ1) is 13.8. The fourth-order valence-corrected chi connectivity index (χ4v) is 3.92. The zero-order valence-corrected chi connectivity index (χ0v) is 16.3. The predicted octanol–water partition coefficient (Wildman–Crippen LogP) is 3.39. The molecule has 0 saturated carbocycles. The van der Waals surface area contributed by atoms with Gasteiger partial charge in [-0.15, -0.1) is 10.2 Å². The third-order valence-corrected chi connectivity index (χ3v) is 5.49. The molecule has 8 heteroatoms. The van der Waals surface area contributed by atoms with Crippen LogP contribution >= 0.6 is 11.3 Å². The monoisotopic (exact) mass is 395 g/mol. The van der Waals surface area contributed by atoms with Gasteiger partial charge >= 0.3 is 6.03 Å². The number of benzene rings is 2. The molecule has 0 spiro atoms. The topological polar surface area (TPSA) is 79.4 Å². The molecule has 1 aliphatic rings. The van der Waals surface area contributed by atoms with Crippen molar-refractivity contribution in [2.24, 2.45) is 0 Å². The number of hydrogen-bond acceptors (Lipinski definition) is 6. The Morgan fingerprint density at radius 3 is 2.82 bits per heavy atom. The van der Waals surface area contributed by atoms with Crippen LogP contribution in [0.5, 0.6) is 5.75 Å². The summed E-state index contributed by atoms with van der Waals surface area (Å²) in [6, 6.07) is 15.3. The van der Waals surface area contributed by atoms with E-state index in [2.05, 4.69) is 20.8 Å². The summed E-state index contributed by atoms with van der Waals surface area (Å²) in [6.07, 6.45) is 0. The van der Waals surface area contributed by atoms with Gasteiger partial charge in [-0.2, -0.15) is 0 Å². The highest BCUT2D eigenvalue weighted by atomic mass is 32.1. The molecule has 1 saturated heterocycles. The van der Waals surface area contributed by atoms with Gasteiger partial charge in [0.25, 0.3) is 0 Å². The van der Waals surface area contributed by atoms with Crippen LogP contribution in [0.25, 0.3) is 10.6 Å². The highest BCUT2D eigenvalue weighted by molar-refractivity contribution is 7.12. The van der Waals surface area contributed by atoms with E-state index in [-0.39, 0.29) is 12.1 Å². The van der Waals surface area contributed by atoms with E-state index < -0.39 is 0 Å². The van der Waals surface area contributed by atoms with E-state index in [9.17, 15) is 4.79 Å². The minimum absolute atomic E-state index is 0.0921. The van der Waals surface area contributed by atoms with Gasteiger partial charge in [-0.25, -0.2) is 4.79 Å². The largest absolute Gasteiger partial charge is 0.496 e. The molecule has 4 rings (SSSR count). The van der Waals surface area contributed by atoms with Gasteiger partial charge in [0.05, 0.1) is 13.2 Å². The minimum atomic E-state index is -0.124. The second-order valence-electron chi connectivity index (χ2n) is 6.41. The van der Waals surface area contributed by atoms with Gasteiger partial charge in [0, 0.05) is 36.4 Å². The third kappa shape index (κ3) is 3.83. The number of amides is 2. The number of nitrogens with one attached hydrogen (secondary N) is 2. The fraction of sp³-hybridized carbons (Fsp3) is 0.250. The summed E-state index contributed by atoms with van der Waals surface area (Å²) in [5.41, 5.74) is 4.43. The zero-order chi connectivity index (χ0) is 19.3. The number of piperazine rings is 1. The van der Waals surface area contributed by atoms with Crippen molar-refractivity contribution in [3.63, 3.8) is 0 Å². The number of hydrogen-bond donors (Lipinski definition) is 2. The van der Waals surface area contributed by atoms with E-state index in [0.29, 0.717) is 13.1 Å². The molecule has 2 N–H and O–H groups in total. The first kappa shape index (κ1) is 18.4.